The van der Waals surface area contributed by atoms with Crippen LogP contribution in [0.4, 0.5) is 0 Å². The van der Waals surface area contributed by atoms with Crippen molar-refractivity contribution in [2.45, 2.75) is 31.1 Å². The highest BCUT2D eigenvalue weighted by Gasteiger charge is 2.34. The molecule has 1 rings (SSSR count). The second-order valence-electron chi connectivity index (χ2n) is 3.31. The summed E-state index contributed by atoms with van der Waals surface area (Å²) >= 11 is 5.45. The Morgan fingerprint density at radius 1 is 1.54 bits per heavy atom. The first-order valence-corrected chi connectivity index (χ1v) is 6.72. The zero-order chi connectivity index (χ0) is 9.90. The van der Waals surface area contributed by atoms with Crippen molar-refractivity contribution in [1.29, 1.82) is 0 Å². The maximum Gasteiger partial charge on any atom is 0.155 e. The summed E-state index contributed by atoms with van der Waals surface area (Å²) in [6, 6.07) is 0. The molecule has 3 nitrogen and oxygen atoms in total. The zero-order valence-corrected chi connectivity index (χ0v) is 9.27. The van der Waals surface area contributed by atoms with Crippen LogP contribution in [0.5, 0.6) is 0 Å². The molecule has 1 fully saturated rings. The van der Waals surface area contributed by atoms with Crippen LogP contribution >= 0.6 is 11.6 Å². The molecule has 0 aromatic rings. The van der Waals surface area contributed by atoms with E-state index in [9.17, 15) is 8.42 Å². The third kappa shape index (κ3) is 2.82. The molecule has 0 aromatic carbocycles. The van der Waals surface area contributed by atoms with Crippen molar-refractivity contribution in [3.8, 4) is 0 Å². The van der Waals surface area contributed by atoms with Crippen LogP contribution in [0.25, 0.3) is 0 Å². The number of hydrogen-bond donors (Lipinski definition) is 0. The van der Waals surface area contributed by atoms with Crippen LogP contribution in [0.15, 0.2) is 0 Å². The van der Waals surface area contributed by atoms with Crippen molar-refractivity contribution in [3.05, 3.63) is 0 Å². The van der Waals surface area contributed by atoms with Crippen molar-refractivity contribution in [2.75, 3.05) is 18.2 Å². The lowest BCUT2D eigenvalue weighted by Crippen LogP contribution is -2.30. The molecule has 0 radical (unpaired) electrons. The summed E-state index contributed by atoms with van der Waals surface area (Å²) in [5, 5.41) is -0.310. The zero-order valence-electron chi connectivity index (χ0n) is 7.70. The first-order valence-electron chi connectivity index (χ1n) is 4.47. The summed E-state index contributed by atoms with van der Waals surface area (Å²) in [4.78, 5) is 0. The molecule has 0 bridgehead atoms. The van der Waals surface area contributed by atoms with Crippen LogP contribution < -0.4 is 0 Å². The predicted octanol–water partition coefficient (Wildman–Crippen LogP) is 1.21. The Hall–Kier alpha value is 0.200. The van der Waals surface area contributed by atoms with E-state index in [2.05, 4.69) is 0 Å². The molecule has 1 aliphatic rings. The van der Waals surface area contributed by atoms with Crippen LogP contribution in [0.2, 0.25) is 0 Å². The van der Waals surface area contributed by atoms with Crippen LogP contribution in [0.1, 0.15) is 19.8 Å². The molecular formula is C8H15ClO3S. The van der Waals surface area contributed by atoms with E-state index in [0.29, 0.717) is 25.3 Å². The van der Waals surface area contributed by atoms with Crippen molar-refractivity contribution >= 4 is 21.4 Å². The van der Waals surface area contributed by atoms with E-state index >= 15 is 0 Å². The van der Waals surface area contributed by atoms with Gasteiger partial charge in [0, 0.05) is 12.5 Å². The standard InChI is InChI=1S/C8H15ClO3S/c1-7-8(3-5-12-7)13(10,11)6-2-4-9/h7-8H,2-6H2,1H3. The van der Waals surface area contributed by atoms with E-state index in [0.717, 1.165) is 0 Å². The lowest BCUT2D eigenvalue weighted by Gasteiger charge is -2.14. The molecule has 0 spiro atoms. The summed E-state index contributed by atoms with van der Waals surface area (Å²) in [5.74, 6) is 0.593. The molecule has 1 saturated heterocycles. The Morgan fingerprint density at radius 3 is 2.69 bits per heavy atom. The summed E-state index contributed by atoms with van der Waals surface area (Å²) in [6.07, 6.45) is 1.01. The SMILES string of the molecule is CC1OCCC1S(=O)(=O)CCCCl. The Kier molecular flexibility index (Phi) is 4.01. The van der Waals surface area contributed by atoms with Gasteiger partial charge in [-0.1, -0.05) is 0 Å². The summed E-state index contributed by atoms with van der Waals surface area (Å²) < 4.78 is 28.5. The average Bonchev–Trinajstić information content (AvgIpc) is 2.48. The molecular weight excluding hydrogens is 212 g/mol. The Morgan fingerprint density at radius 2 is 2.23 bits per heavy atom. The highest BCUT2D eigenvalue weighted by molar-refractivity contribution is 7.92. The number of hydrogen-bond acceptors (Lipinski definition) is 3. The van der Waals surface area contributed by atoms with Crippen LogP contribution in [-0.2, 0) is 14.6 Å². The number of alkyl halides is 1. The molecule has 1 heterocycles. The normalized spacial score (nSPS) is 29.4. The van der Waals surface area contributed by atoms with Gasteiger partial charge < -0.3 is 4.74 Å². The summed E-state index contributed by atoms with van der Waals surface area (Å²) in [6.45, 7) is 2.38. The minimum atomic E-state index is -2.98. The number of ether oxygens (including phenoxy) is 1. The summed E-state index contributed by atoms with van der Waals surface area (Å²) in [5.41, 5.74) is 0. The molecule has 2 unspecified atom stereocenters. The Labute approximate surface area is 84.3 Å². The van der Waals surface area contributed by atoms with Crippen molar-refractivity contribution < 1.29 is 13.2 Å². The van der Waals surface area contributed by atoms with Gasteiger partial charge in [0.25, 0.3) is 0 Å². The minimum absolute atomic E-state index is 0.152. The third-order valence-electron chi connectivity index (χ3n) is 2.33. The van der Waals surface area contributed by atoms with Gasteiger partial charge in [0.15, 0.2) is 9.84 Å². The van der Waals surface area contributed by atoms with E-state index in [4.69, 9.17) is 16.3 Å². The first kappa shape index (κ1) is 11.3. The third-order valence-corrected chi connectivity index (χ3v) is 5.00. The van der Waals surface area contributed by atoms with Crippen molar-refractivity contribution in [2.24, 2.45) is 0 Å². The quantitative estimate of drug-likeness (QED) is 0.677. The van der Waals surface area contributed by atoms with Gasteiger partial charge in [-0.25, -0.2) is 8.42 Å². The highest BCUT2D eigenvalue weighted by Crippen LogP contribution is 2.21. The topological polar surface area (TPSA) is 43.4 Å². The smallest absolute Gasteiger partial charge is 0.155 e. The molecule has 78 valence electrons. The van der Waals surface area contributed by atoms with E-state index in [1.54, 1.807) is 0 Å². The maximum absolute atomic E-state index is 11.7. The molecule has 1 aliphatic heterocycles. The fourth-order valence-electron chi connectivity index (χ4n) is 1.59. The van der Waals surface area contributed by atoms with E-state index < -0.39 is 9.84 Å². The lowest BCUT2D eigenvalue weighted by atomic mass is 10.3. The second-order valence-corrected chi connectivity index (χ2v) is 6.03. The molecule has 13 heavy (non-hydrogen) atoms. The number of sulfone groups is 1. The second kappa shape index (κ2) is 4.62. The molecule has 0 aromatic heterocycles. The Balaban J connectivity index is 2.58. The van der Waals surface area contributed by atoms with Crippen LogP contribution in [0, 0.1) is 0 Å². The molecule has 0 N–H and O–H groups in total. The molecule has 0 aliphatic carbocycles. The first-order chi connectivity index (χ1) is 6.08. The Bertz CT molecular complexity index is 250. The van der Waals surface area contributed by atoms with Gasteiger partial charge in [0.1, 0.15) is 0 Å². The lowest BCUT2D eigenvalue weighted by molar-refractivity contribution is 0.126. The predicted molar refractivity (Wildman–Crippen MR) is 52.9 cm³/mol. The van der Waals surface area contributed by atoms with Gasteiger partial charge in [-0.05, 0) is 19.8 Å². The van der Waals surface area contributed by atoms with Crippen LogP contribution in [-0.4, -0.2) is 38.0 Å². The van der Waals surface area contributed by atoms with Gasteiger partial charge in [-0.3, -0.25) is 0 Å². The van der Waals surface area contributed by atoms with E-state index in [1.165, 1.54) is 0 Å². The number of halogens is 1. The number of rotatable bonds is 4. The largest absolute Gasteiger partial charge is 0.377 e. The molecule has 0 saturated carbocycles. The van der Waals surface area contributed by atoms with Crippen molar-refractivity contribution in [3.63, 3.8) is 0 Å². The summed E-state index contributed by atoms with van der Waals surface area (Å²) in [7, 11) is -2.98. The minimum Gasteiger partial charge on any atom is -0.377 e. The van der Waals surface area contributed by atoms with Gasteiger partial charge in [0.05, 0.1) is 17.1 Å². The maximum atomic E-state index is 11.7. The monoisotopic (exact) mass is 226 g/mol. The van der Waals surface area contributed by atoms with Gasteiger partial charge in [0.2, 0.25) is 0 Å². The van der Waals surface area contributed by atoms with E-state index in [-0.39, 0.29) is 17.1 Å². The molecule has 2 atom stereocenters. The van der Waals surface area contributed by atoms with E-state index in [1.807, 2.05) is 6.92 Å². The van der Waals surface area contributed by atoms with Gasteiger partial charge >= 0.3 is 0 Å². The average molecular weight is 227 g/mol. The fraction of sp³-hybridized carbons (Fsp3) is 1.00. The van der Waals surface area contributed by atoms with Gasteiger partial charge in [-0.2, -0.15) is 0 Å². The molecule has 5 heteroatoms. The molecule has 0 amide bonds. The van der Waals surface area contributed by atoms with Gasteiger partial charge in [-0.15, -0.1) is 11.6 Å². The fourth-order valence-corrected chi connectivity index (χ4v) is 3.85. The van der Waals surface area contributed by atoms with Crippen molar-refractivity contribution in [1.82, 2.24) is 0 Å². The highest BCUT2D eigenvalue weighted by atomic mass is 35.5. The van der Waals surface area contributed by atoms with Crippen LogP contribution in [0.3, 0.4) is 0 Å².